The predicted molar refractivity (Wildman–Crippen MR) is 48.4 cm³/mol. The largest absolute Gasteiger partial charge is 0.382 e. The van der Waals surface area contributed by atoms with Gasteiger partial charge in [-0.3, -0.25) is 5.10 Å². The molecule has 0 spiro atoms. The van der Waals surface area contributed by atoms with Crippen molar-refractivity contribution in [2.75, 3.05) is 5.73 Å². The van der Waals surface area contributed by atoms with E-state index in [-0.39, 0.29) is 0 Å². The van der Waals surface area contributed by atoms with Crippen molar-refractivity contribution in [1.29, 1.82) is 0 Å². The van der Waals surface area contributed by atoms with Crippen molar-refractivity contribution in [2.45, 2.75) is 0 Å². The van der Waals surface area contributed by atoms with E-state index in [2.05, 4.69) is 16.1 Å². The number of nitrogens with zero attached hydrogens (tertiary/aromatic N) is 1. The number of fused-ring (bicyclic) bond motifs is 1. The Labute approximate surface area is 69.6 Å². The SMILES string of the molecule is C#Cc1ccc2c(N)n[nH]c2c1. The summed E-state index contributed by atoms with van der Waals surface area (Å²) in [5.74, 6) is 3.05. The second-order valence-corrected chi connectivity index (χ2v) is 2.51. The Morgan fingerprint density at radius 2 is 2.33 bits per heavy atom. The van der Waals surface area contributed by atoms with Crippen molar-refractivity contribution in [3.8, 4) is 12.3 Å². The maximum Gasteiger partial charge on any atom is 0.153 e. The third-order valence-corrected chi connectivity index (χ3v) is 1.76. The molecule has 0 radical (unpaired) electrons. The molecular formula is C9H7N3. The van der Waals surface area contributed by atoms with Gasteiger partial charge < -0.3 is 5.73 Å². The number of H-pyrrole nitrogens is 1. The van der Waals surface area contributed by atoms with E-state index in [1.165, 1.54) is 0 Å². The first-order chi connectivity index (χ1) is 5.81. The lowest BCUT2D eigenvalue weighted by molar-refractivity contribution is 1.13. The standard InChI is InChI=1S/C9H7N3/c1-2-6-3-4-7-8(5-6)11-12-9(7)10/h1,3-5H,(H3,10,11,12). The molecule has 0 saturated heterocycles. The van der Waals surface area contributed by atoms with Crippen LogP contribution >= 0.6 is 0 Å². The Bertz CT molecular complexity index is 462. The molecule has 3 heteroatoms. The molecule has 1 aromatic heterocycles. The first kappa shape index (κ1) is 6.74. The maximum atomic E-state index is 5.57. The molecule has 0 aliphatic rings. The van der Waals surface area contributed by atoms with E-state index < -0.39 is 0 Å². The molecule has 58 valence electrons. The van der Waals surface area contributed by atoms with Crippen molar-refractivity contribution in [2.24, 2.45) is 0 Å². The Morgan fingerprint density at radius 3 is 3.08 bits per heavy atom. The molecule has 0 amide bonds. The fraction of sp³-hybridized carbons (Fsp3) is 0. The van der Waals surface area contributed by atoms with Crippen LogP contribution in [0, 0.1) is 12.3 Å². The zero-order chi connectivity index (χ0) is 8.55. The third kappa shape index (κ3) is 0.823. The zero-order valence-electron chi connectivity index (χ0n) is 6.33. The van der Waals surface area contributed by atoms with Crippen molar-refractivity contribution >= 4 is 16.7 Å². The van der Waals surface area contributed by atoms with Gasteiger partial charge in [0.15, 0.2) is 5.82 Å². The quantitative estimate of drug-likeness (QED) is 0.563. The van der Waals surface area contributed by atoms with E-state index in [4.69, 9.17) is 12.2 Å². The van der Waals surface area contributed by atoms with Gasteiger partial charge in [-0.2, -0.15) is 5.10 Å². The van der Waals surface area contributed by atoms with Gasteiger partial charge in [0.25, 0.3) is 0 Å². The molecule has 0 unspecified atom stereocenters. The topological polar surface area (TPSA) is 54.7 Å². The number of terminal acetylenes is 1. The van der Waals surface area contributed by atoms with Crippen LogP contribution in [-0.2, 0) is 0 Å². The van der Waals surface area contributed by atoms with Crippen LogP contribution in [0.1, 0.15) is 5.56 Å². The lowest BCUT2D eigenvalue weighted by Gasteiger charge is -1.90. The second kappa shape index (κ2) is 2.28. The molecule has 0 saturated carbocycles. The molecule has 0 bridgehead atoms. The molecule has 2 rings (SSSR count). The Hall–Kier alpha value is -1.95. The second-order valence-electron chi connectivity index (χ2n) is 2.51. The van der Waals surface area contributed by atoms with Crippen LogP contribution in [0.15, 0.2) is 18.2 Å². The summed E-state index contributed by atoms with van der Waals surface area (Å²) in [6, 6.07) is 5.55. The Kier molecular flexibility index (Phi) is 1.28. The molecule has 1 aromatic carbocycles. The molecule has 0 atom stereocenters. The summed E-state index contributed by atoms with van der Waals surface area (Å²) in [5, 5.41) is 7.56. The number of nitrogen functional groups attached to an aromatic ring is 1. The average molecular weight is 157 g/mol. The fourth-order valence-corrected chi connectivity index (χ4v) is 1.13. The van der Waals surface area contributed by atoms with Crippen LogP contribution in [0.5, 0.6) is 0 Å². The summed E-state index contributed by atoms with van der Waals surface area (Å²) in [5.41, 5.74) is 7.28. The molecule has 0 aliphatic carbocycles. The minimum atomic E-state index is 0.508. The predicted octanol–water partition coefficient (Wildman–Crippen LogP) is 1.13. The molecule has 2 aromatic rings. The van der Waals surface area contributed by atoms with E-state index in [9.17, 15) is 0 Å². The van der Waals surface area contributed by atoms with Crippen molar-refractivity contribution < 1.29 is 0 Å². The van der Waals surface area contributed by atoms with E-state index in [0.29, 0.717) is 5.82 Å². The number of benzene rings is 1. The normalized spacial score (nSPS) is 9.92. The first-order valence-corrected chi connectivity index (χ1v) is 3.51. The zero-order valence-corrected chi connectivity index (χ0v) is 6.33. The van der Waals surface area contributed by atoms with Crippen LogP contribution < -0.4 is 5.73 Å². The highest BCUT2D eigenvalue weighted by molar-refractivity contribution is 5.89. The highest BCUT2D eigenvalue weighted by atomic mass is 15.1. The van der Waals surface area contributed by atoms with Gasteiger partial charge in [-0.05, 0) is 18.2 Å². The number of hydrogen-bond acceptors (Lipinski definition) is 2. The van der Waals surface area contributed by atoms with Crippen molar-refractivity contribution in [3.05, 3.63) is 23.8 Å². The fourth-order valence-electron chi connectivity index (χ4n) is 1.13. The monoisotopic (exact) mass is 157 g/mol. The molecule has 0 aliphatic heterocycles. The maximum absolute atomic E-state index is 5.57. The van der Waals surface area contributed by atoms with Gasteiger partial charge in [0.1, 0.15) is 0 Å². The summed E-state index contributed by atoms with van der Waals surface area (Å²) in [6.07, 6.45) is 5.23. The van der Waals surface area contributed by atoms with Crippen LogP contribution in [0.3, 0.4) is 0 Å². The average Bonchev–Trinajstić information content (AvgIpc) is 2.47. The number of anilines is 1. The molecular weight excluding hydrogens is 150 g/mol. The third-order valence-electron chi connectivity index (χ3n) is 1.76. The summed E-state index contributed by atoms with van der Waals surface area (Å²) in [4.78, 5) is 0. The van der Waals surface area contributed by atoms with Crippen LogP contribution in [-0.4, -0.2) is 10.2 Å². The van der Waals surface area contributed by atoms with Gasteiger partial charge in [-0.1, -0.05) is 5.92 Å². The summed E-state index contributed by atoms with van der Waals surface area (Å²) in [7, 11) is 0. The van der Waals surface area contributed by atoms with Crippen molar-refractivity contribution in [1.82, 2.24) is 10.2 Å². The van der Waals surface area contributed by atoms with Gasteiger partial charge in [-0.15, -0.1) is 6.42 Å². The van der Waals surface area contributed by atoms with E-state index in [1.54, 1.807) is 0 Å². The lowest BCUT2D eigenvalue weighted by atomic mass is 10.2. The van der Waals surface area contributed by atoms with Gasteiger partial charge in [0, 0.05) is 10.9 Å². The minimum Gasteiger partial charge on any atom is -0.382 e. The highest BCUT2D eigenvalue weighted by Gasteiger charge is 2.00. The van der Waals surface area contributed by atoms with Crippen molar-refractivity contribution in [3.63, 3.8) is 0 Å². The molecule has 3 N–H and O–H groups in total. The number of aromatic nitrogens is 2. The molecule has 12 heavy (non-hydrogen) atoms. The van der Waals surface area contributed by atoms with Gasteiger partial charge in [0.2, 0.25) is 0 Å². The van der Waals surface area contributed by atoms with Gasteiger partial charge in [-0.25, -0.2) is 0 Å². The number of rotatable bonds is 0. The van der Waals surface area contributed by atoms with Crippen LogP contribution in [0.4, 0.5) is 5.82 Å². The Morgan fingerprint density at radius 1 is 1.50 bits per heavy atom. The van der Waals surface area contributed by atoms with Crippen LogP contribution in [0.2, 0.25) is 0 Å². The Balaban J connectivity index is 2.80. The number of nitrogens with two attached hydrogens (primary N) is 1. The van der Waals surface area contributed by atoms with Gasteiger partial charge >= 0.3 is 0 Å². The van der Waals surface area contributed by atoms with E-state index >= 15 is 0 Å². The first-order valence-electron chi connectivity index (χ1n) is 3.51. The number of aromatic amines is 1. The number of nitrogens with one attached hydrogen (secondary N) is 1. The smallest absolute Gasteiger partial charge is 0.153 e. The molecule has 0 fully saturated rings. The van der Waals surface area contributed by atoms with E-state index in [1.807, 2.05) is 18.2 Å². The lowest BCUT2D eigenvalue weighted by Crippen LogP contribution is -1.83. The number of hydrogen-bond donors (Lipinski definition) is 2. The summed E-state index contributed by atoms with van der Waals surface area (Å²) in [6.45, 7) is 0. The summed E-state index contributed by atoms with van der Waals surface area (Å²) < 4.78 is 0. The minimum absolute atomic E-state index is 0.508. The highest BCUT2D eigenvalue weighted by Crippen LogP contribution is 2.17. The molecule has 1 heterocycles. The van der Waals surface area contributed by atoms with Crippen LogP contribution in [0.25, 0.3) is 10.9 Å². The van der Waals surface area contributed by atoms with Gasteiger partial charge in [0.05, 0.1) is 5.52 Å². The molecule has 3 nitrogen and oxygen atoms in total. The summed E-state index contributed by atoms with van der Waals surface area (Å²) >= 11 is 0. The van der Waals surface area contributed by atoms with E-state index in [0.717, 1.165) is 16.5 Å².